The van der Waals surface area contributed by atoms with Crippen molar-refractivity contribution in [3.05, 3.63) is 64.9 Å². The molecule has 7 heteroatoms. The van der Waals surface area contributed by atoms with Gasteiger partial charge >= 0.3 is 5.97 Å². The van der Waals surface area contributed by atoms with Crippen molar-refractivity contribution in [3.8, 4) is 0 Å². The van der Waals surface area contributed by atoms with Crippen molar-refractivity contribution >= 4 is 40.1 Å². The van der Waals surface area contributed by atoms with Gasteiger partial charge in [0.15, 0.2) is 6.61 Å². The summed E-state index contributed by atoms with van der Waals surface area (Å²) in [6.07, 6.45) is 0. The Morgan fingerprint density at radius 2 is 1.85 bits per heavy atom. The van der Waals surface area contributed by atoms with Crippen molar-refractivity contribution in [3.63, 3.8) is 0 Å². The smallest absolute Gasteiger partial charge is 0.375 e. The fraction of sp³-hybridized carbons (Fsp3) is 0.158. The molecule has 1 amide bonds. The maximum absolute atomic E-state index is 12.4. The van der Waals surface area contributed by atoms with Gasteiger partial charge in [0.2, 0.25) is 5.76 Å². The quantitative estimate of drug-likeness (QED) is 0.660. The Hall–Kier alpha value is -2.83. The zero-order valence-corrected chi connectivity index (χ0v) is 14.7. The summed E-state index contributed by atoms with van der Waals surface area (Å²) in [5.41, 5.74) is 1.57. The van der Waals surface area contributed by atoms with E-state index in [2.05, 4.69) is 5.32 Å². The standard InChI is InChI=1S/C19H16ClNO5/c1-24-10-13-12-6-2-5-9-16(12)26-18(13)19(23)25-11-17(22)21-15-8-4-3-7-14(15)20/h2-9H,10-11H2,1H3,(H,21,22). The first kappa shape index (κ1) is 18.0. The second kappa shape index (κ2) is 8.03. The molecule has 2 aromatic carbocycles. The highest BCUT2D eigenvalue weighted by Gasteiger charge is 2.22. The van der Waals surface area contributed by atoms with E-state index in [1.54, 1.807) is 36.4 Å². The van der Waals surface area contributed by atoms with Gasteiger partial charge in [-0.3, -0.25) is 4.79 Å². The Labute approximate surface area is 154 Å². The van der Waals surface area contributed by atoms with Gasteiger partial charge in [-0.15, -0.1) is 0 Å². The van der Waals surface area contributed by atoms with E-state index in [0.29, 0.717) is 21.9 Å². The maximum Gasteiger partial charge on any atom is 0.375 e. The summed E-state index contributed by atoms with van der Waals surface area (Å²) in [6, 6.07) is 14.0. The minimum absolute atomic E-state index is 0.0265. The van der Waals surface area contributed by atoms with Crippen LogP contribution in [0.4, 0.5) is 5.69 Å². The lowest BCUT2D eigenvalue weighted by molar-refractivity contribution is -0.119. The van der Waals surface area contributed by atoms with Crippen LogP contribution in [0.25, 0.3) is 11.0 Å². The lowest BCUT2D eigenvalue weighted by Crippen LogP contribution is -2.21. The van der Waals surface area contributed by atoms with Crippen molar-refractivity contribution in [2.45, 2.75) is 6.61 Å². The summed E-state index contributed by atoms with van der Waals surface area (Å²) in [5, 5.41) is 3.74. The van der Waals surface area contributed by atoms with Gasteiger partial charge in [0, 0.05) is 18.1 Å². The predicted molar refractivity (Wildman–Crippen MR) is 97.3 cm³/mol. The number of amides is 1. The summed E-state index contributed by atoms with van der Waals surface area (Å²) < 4.78 is 15.8. The first-order valence-electron chi connectivity index (χ1n) is 7.81. The Kier molecular flexibility index (Phi) is 5.55. The molecule has 0 unspecified atom stereocenters. The minimum atomic E-state index is -0.734. The molecule has 0 fully saturated rings. The van der Waals surface area contributed by atoms with E-state index in [4.69, 9.17) is 25.5 Å². The second-order valence-electron chi connectivity index (χ2n) is 5.44. The third-order valence-corrected chi connectivity index (χ3v) is 3.98. The number of hydrogen-bond acceptors (Lipinski definition) is 5. The van der Waals surface area contributed by atoms with E-state index >= 15 is 0 Å². The van der Waals surface area contributed by atoms with Crippen LogP contribution < -0.4 is 5.32 Å². The van der Waals surface area contributed by atoms with E-state index in [0.717, 1.165) is 5.39 Å². The monoisotopic (exact) mass is 373 g/mol. The van der Waals surface area contributed by atoms with Gasteiger partial charge in [0.05, 0.1) is 17.3 Å². The number of rotatable bonds is 6. The first-order chi connectivity index (χ1) is 12.6. The minimum Gasteiger partial charge on any atom is -0.450 e. The average Bonchev–Trinajstić information content (AvgIpc) is 3.01. The second-order valence-corrected chi connectivity index (χ2v) is 5.85. The van der Waals surface area contributed by atoms with Crippen LogP contribution in [0.15, 0.2) is 52.9 Å². The highest BCUT2D eigenvalue weighted by atomic mass is 35.5. The molecular formula is C19H16ClNO5. The molecule has 0 spiro atoms. The highest BCUT2D eigenvalue weighted by molar-refractivity contribution is 6.33. The number of benzene rings is 2. The SMILES string of the molecule is COCc1c(C(=O)OCC(=O)Nc2ccccc2Cl)oc2ccccc12. The number of hydrogen-bond donors (Lipinski definition) is 1. The topological polar surface area (TPSA) is 77.8 Å². The number of fused-ring (bicyclic) bond motifs is 1. The summed E-state index contributed by atoms with van der Waals surface area (Å²) in [6.45, 7) is -0.277. The summed E-state index contributed by atoms with van der Waals surface area (Å²) in [5.74, 6) is -1.21. The van der Waals surface area contributed by atoms with Crippen LogP contribution in [-0.2, 0) is 20.9 Å². The molecule has 3 rings (SSSR count). The molecule has 0 bridgehead atoms. The summed E-state index contributed by atoms with van der Waals surface area (Å²) in [4.78, 5) is 24.3. The number of para-hydroxylation sites is 2. The number of ether oxygens (including phenoxy) is 2. The van der Waals surface area contributed by atoms with E-state index in [1.165, 1.54) is 7.11 Å². The van der Waals surface area contributed by atoms with Crippen molar-refractivity contribution in [1.82, 2.24) is 0 Å². The molecule has 0 atom stereocenters. The number of carbonyl (C=O) groups is 2. The number of methoxy groups -OCH3 is 1. The first-order valence-corrected chi connectivity index (χ1v) is 8.18. The number of nitrogens with one attached hydrogen (secondary N) is 1. The van der Waals surface area contributed by atoms with E-state index in [9.17, 15) is 9.59 Å². The molecule has 0 radical (unpaired) electrons. The summed E-state index contributed by atoms with van der Waals surface area (Å²) >= 11 is 5.98. The molecule has 1 aromatic heterocycles. The molecule has 1 N–H and O–H groups in total. The van der Waals surface area contributed by atoms with Crippen molar-refractivity contribution in [2.24, 2.45) is 0 Å². The molecule has 3 aromatic rings. The van der Waals surface area contributed by atoms with Crippen molar-refractivity contribution in [1.29, 1.82) is 0 Å². The van der Waals surface area contributed by atoms with Crippen LogP contribution >= 0.6 is 11.6 Å². The Bertz CT molecular complexity index is 950. The lowest BCUT2D eigenvalue weighted by atomic mass is 10.1. The van der Waals surface area contributed by atoms with Crippen molar-refractivity contribution in [2.75, 3.05) is 19.0 Å². The molecule has 134 valence electrons. The van der Waals surface area contributed by atoms with Crippen LogP contribution in [0, 0.1) is 0 Å². The molecule has 0 aliphatic carbocycles. The van der Waals surface area contributed by atoms with E-state index in [-0.39, 0.29) is 12.4 Å². The zero-order chi connectivity index (χ0) is 18.5. The highest BCUT2D eigenvalue weighted by Crippen LogP contribution is 2.27. The average molecular weight is 374 g/mol. The van der Waals surface area contributed by atoms with Gasteiger partial charge in [-0.25, -0.2) is 4.79 Å². The predicted octanol–water partition coefficient (Wildman–Crippen LogP) is 4.03. The van der Waals surface area contributed by atoms with Crippen LogP contribution in [0.2, 0.25) is 5.02 Å². The fourth-order valence-corrected chi connectivity index (χ4v) is 2.68. The van der Waals surface area contributed by atoms with Gasteiger partial charge in [0.1, 0.15) is 5.58 Å². The zero-order valence-electron chi connectivity index (χ0n) is 14.0. The molecule has 26 heavy (non-hydrogen) atoms. The molecule has 0 saturated heterocycles. The number of esters is 1. The summed E-state index contributed by atoms with van der Waals surface area (Å²) in [7, 11) is 1.52. The molecular weight excluding hydrogens is 358 g/mol. The third kappa shape index (κ3) is 3.87. The van der Waals surface area contributed by atoms with Crippen LogP contribution in [0.3, 0.4) is 0 Å². The fourth-order valence-electron chi connectivity index (χ4n) is 2.50. The Morgan fingerprint density at radius 1 is 1.12 bits per heavy atom. The Balaban J connectivity index is 1.70. The van der Waals surface area contributed by atoms with Crippen LogP contribution in [0.5, 0.6) is 0 Å². The van der Waals surface area contributed by atoms with Gasteiger partial charge < -0.3 is 19.2 Å². The molecule has 1 heterocycles. The number of carbonyl (C=O) groups excluding carboxylic acids is 2. The van der Waals surface area contributed by atoms with Crippen molar-refractivity contribution < 1.29 is 23.5 Å². The largest absolute Gasteiger partial charge is 0.450 e. The van der Waals surface area contributed by atoms with Gasteiger partial charge in [-0.05, 0) is 18.2 Å². The molecule has 6 nitrogen and oxygen atoms in total. The van der Waals surface area contributed by atoms with E-state index < -0.39 is 18.5 Å². The van der Waals surface area contributed by atoms with Gasteiger partial charge in [0.25, 0.3) is 5.91 Å². The molecule has 0 aliphatic heterocycles. The number of halogens is 1. The number of anilines is 1. The molecule has 0 aliphatic rings. The maximum atomic E-state index is 12.4. The van der Waals surface area contributed by atoms with E-state index in [1.807, 2.05) is 12.1 Å². The normalized spacial score (nSPS) is 10.7. The Morgan fingerprint density at radius 3 is 2.62 bits per heavy atom. The molecule has 0 saturated carbocycles. The number of furan rings is 1. The van der Waals surface area contributed by atoms with Crippen LogP contribution in [0.1, 0.15) is 16.1 Å². The third-order valence-electron chi connectivity index (χ3n) is 3.65. The van der Waals surface area contributed by atoms with Gasteiger partial charge in [-0.1, -0.05) is 41.9 Å². The van der Waals surface area contributed by atoms with Gasteiger partial charge in [-0.2, -0.15) is 0 Å². The van der Waals surface area contributed by atoms with Crippen LogP contribution in [-0.4, -0.2) is 25.6 Å². The lowest BCUT2D eigenvalue weighted by Gasteiger charge is -2.07.